The van der Waals surface area contributed by atoms with Crippen molar-refractivity contribution >= 4 is 63.1 Å². The number of aromatic hydroxyl groups is 4. The Hall–Kier alpha value is -13.1. The van der Waals surface area contributed by atoms with Gasteiger partial charge in [0.25, 0.3) is 0 Å². The Bertz CT molecular complexity index is 7100. The van der Waals surface area contributed by atoms with Crippen molar-refractivity contribution in [3.05, 3.63) is 410 Å². The van der Waals surface area contributed by atoms with Crippen molar-refractivity contribution in [2.75, 3.05) is 4.90 Å². The third kappa shape index (κ3) is 22.2. The second-order valence-electron chi connectivity index (χ2n) is 32.5. The predicted octanol–water partition coefficient (Wildman–Crippen LogP) is 23.5. The zero-order valence-electron chi connectivity index (χ0n) is 76.1. The second kappa shape index (κ2) is 45.5. The van der Waals surface area contributed by atoms with Gasteiger partial charge in [-0.1, -0.05) is 237 Å². The van der Waals surface area contributed by atoms with Gasteiger partial charge in [0.1, 0.15) is 34.6 Å². The van der Waals surface area contributed by atoms with E-state index in [-0.39, 0.29) is 107 Å². The van der Waals surface area contributed by atoms with Crippen LogP contribution in [0.4, 0.5) is 17.3 Å². The van der Waals surface area contributed by atoms with Crippen molar-refractivity contribution in [2.45, 2.75) is 114 Å². The topological polar surface area (TPSA) is 243 Å². The third-order valence-electron chi connectivity index (χ3n) is 23.9. The number of hydrogen-bond acceptors (Lipinski definition) is 13. The van der Waals surface area contributed by atoms with Gasteiger partial charge in [-0.3, -0.25) is 34.8 Å². The van der Waals surface area contributed by atoms with Crippen molar-refractivity contribution in [3.8, 4) is 90.8 Å². The molecule has 0 bridgehead atoms. The van der Waals surface area contributed by atoms with E-state index in [1.54, 1.807) is 48.5 Å². The molecule has 17 nitrogen and oxygen atoms in total. The molecule has 682 valence electrons. The maximum Gasteiger partial charge on any atom is 2.00 e. The molecule has 4 N–H and O–H groups in total. The SMILES string of the molecule is CC(C)(c1cccc(-c2ccccc2O)n1)c1cccc(-c2ccccc2O)n1.CCc1c(C=C2N=C(C)C(C)=C2C)[n-]c(C=c2[n-]c(=Cc3ccccn3)c(CC)c2CC)c1CC.Cc1c(-c2cccc(Cc3cccc(-c4[n-]c5ccccc5c4C)n3)n2)[n-]c2ccccc12.Oc1ccccc1-c1cccc(N(c2ccccc2)c2cccc(-c3ccccc3O)n2)n1.[Pt+2].[Pt+2].[Pt].[Pt]. The fourth-order valence-corrected chi connectivity index (χ4v) is 16.7. The quantitative estimate of drug-likeness (QED) is 0.0554. The van der Waals surface area contributed by atoms with Crippen LogP contribution in [0, 0.1) is 13.8 Å². The summed E-state index contributed by atoms with van der Waals surface area (Å²) < 4.78 is 0. The number of anilines is 3. The number of pyridine rings is 7. The molecule has 0 saturated heterocycles. The molecule has 0 unspecified atom stereocenters. The summed E-state index contributed by atoms with van der Waals surface area (Å²) in [4.78, 5) is 60.3. The summed E-state index contributed by atoms with van der Waals surface area (Å²) in [5, 5.41) is 45.4. The van der Waals surface area contributed by atoms with Crippen LogP contribution in [0.5, 0.6) is 23.0 Å². The molecule has 0 radical (unpaired) electrons. The number of benzene rings is 7. The van der Waals surface area contributed by atoms with E-state index in [0.717, 1.165) is 127 Å². The number of nitrogens with zero attached hydrogens (tertiary/aromatic N) is 13. The summed E-state index contributed by atoms with van der Waals surface area (Å²) in [6, 6.07) is 96.2. The number of phenolic OH excluding ortho intramolecular Hbond substituents is 4. The Labute approximate surface area is 839 Å². The molecule has 0 spiro atoms. The second-order valence-corrected chi connectivity index (χ2v) is 32.5. The van der Waals surface area contributed by atoms with E-state index in [4.69, 9.17) is 54.8 Å². The summed E-state index contributed by atoms with van der Waals surface area (Å²) in [7, 11) is 0. The fourth-order valence-electron chi connectivity index (χ4n) is 16.7. The first-order valence-corrected chi connectivity index (χ1v) is 44.0. The number of hydrogen-bond donors (Lipinski definition) is 4. The van der Waals surface area contributed by atoms with Gasteiger partial charge in [-0.05, 0) is 242 Å². The zero-order valence-corrected chi connectivity index (χ0v) is 85.2. The van der Waals surface area contributed by atoms with Crippen molar-refractivity contribution in [2.24, 2.45) is 4.99 Å². The molecule has 1 aliphatic heterocycles. The Morgan fingerprint density at radius 3 is 1.13 bits per heavy atom. The van der Waals surface area contributed by atoms with E-state index in [0.29, 0.717) is 63.1 Å². The summed E-state index contributed by atoms with van der Waals surface area (Å²) in [6.07, 6.45) is 12.7. The number of aromatic nitrogens is 11. The minimum Gasteiger partial charge on any atom is -0.657 e. The van der Waals surface area contributed by atoms with Gasteiger partial charge in [-0.25, -0.2) is 9.97 Å². The number of aryl methyl sites for hydroxylation is 2. The minimum absolute atomic E-state index is 0. The van der Waals surface area contributed by atoms with Crippen LogP contribution in [0.1, 0.15) is 136 Å². The number of rotatable bonds is 20. The Balaban J connectivity index is 0.000000160. The molecule has 19 rings (SSSR count). The molecule has 21 heteroatoms. The molecule has 134 heavy (non-hydrogen) atoms. The predicted molar refractivity (Wildman–Crippen MR) is 526 cm³/mol. The van der Waals surface area contributed by atoms with Crippen LogP contribution in [-0.4, -0.2) is 61.0 Å². The van der Waals surface area contributed by atoms with E-state index >= 15 is 0 Å². The zero-order chi connectivity index (χ0) is 90.5. The molecule has 0 atom stereocenters. The maximum absolute atomic E-state index is 10.3. The average Bonchev–Trinajstić information content (AvgIpc) is 1.81. The van der Waals surface area contributed by atoms with Gasteiger partial charge in [-0.2, -0.15) is 0 Å². The fraction of sp³-hybridized carbons (Fsp3) is 0.150. The molecule has 0 amide bonds. The molecule has 18 aromatic rings. The smallest absolute Gasteiger partial charge is 0.657 e. The van der Waals surface area contributed by atoms with Gasteiger partial charge in [0.15, 0.2) is 0 Å². The number of fused-ring (bicyclic) bond motifs is 2. The van der Waals surface area contributed by atoms with Crippen LogP contribution in [0.2, 0.25) is 0 Å². The van der Waals surface area contributed by atoms with Crippen LogP contribution in [0.15, 0.2) is 331 Å². The standard InChI is InChI=1S/C31H36N4.C29H22N4.C28H21N3O2.C25H22N2O2.4Pt/c1-8-23-24(9-2)30(34-28(23)16-22-14-12-13-15-32-22)18-31-26(11-4)25(10-3)29(35-31)17-27-20(6)19(5)21(7)33-27;1-18-22-11-3-5-13-24(22)32-28(18)26-15-7-9-20(30-26)17-21-10-8-16-27(31-21)29-19(2)23-12-4-6-14-25(23)33-29;32-25-16-6-4-12-21(25)23-14-8-18-27(29-23)31(20-10-2-1-3-11-20)28-19-9-15-24(30-28)22-13-5-7-17-26(22)33;1-25(2,23-15-7-11-19(26-23)17-9-3-5-13-21(17)28)24-16-8-12-20(27-24)18-10-4-6-14-22(18)29;;;;/h12-18H,8-11H2,1-7H3;3-16H,17H2,1-2H3;1-19,32-33H;3-16,28-29H,1-2H3;;;;/q2*-2;;;;;2*+2. The van der Waals surface area contributed by atoms with E-state index in [2.05, 4.69) is 148 Å². The Kier molecular flexibility index (Phi) is 33.9. The van der Waals surface area contributed by atoms with E-state index in [9.17, 15) is 20.4 Å². The molecule has 0 fully saturated rings. The molecule has 7 aromatic carbocycles. The summed E-state index contributed by atoms with van der Waals surface area (Å²) in [5.74, 6) is 2.07. The Morgan fingerprint density at radius 1 is 0.343 bits per heavy atom. The van der Waals surface area contributed by atoms with Crippen molar-refractivity contribution < 1.29 is 105 Å². The van der Waals surface area contributed by atoms with E-state index in [1.807, 2.05) is 217 Å². The number of phenols is 4. The summed E-state index contributed by atoms with van der Waals surface area (Å²) >= 11 is 0. The van der Waals surface area contributed by atoms with Crippen LogP contribution in [0.3, 0.4) is 0 Å². The van der Waals surface area contributed by atoms with E-state index in [1.165, 1.54) is 55.3 Å². The van der Waals surface area contributed by atoms with Crippen molar-refractivity contribution in [3.63, 3.8) is 0 Å². The van der Waals surface area contributed by atoms with Crippen LogP contribution in [-0.2, 0) is 122 Å². The van der Waals surface area contributed by atoms with Gasteiger partial charge in [0, 0.05) is 117 Å². The normalized spacial score (nSPS) is 12.1. The number of para-hydroxylation sites is 7. The summed E-state index contributed by atoms with van der Waals surface area (Å²) in [5.41, 5.74) is 30.4. The monoisotopic (exact) mass is 2480 g/mol. The largest absolute Gasteiger partial charge is 2.00 e. The molecular weight excluding hydrogens is 2380 g/mol. The minimum atomic E-state index is -0.471. The van der Waals surface area contributed by atoms with E-state index < -0.39 is 5.41 Å². The Morgan fingerprint density at radius 2 is 0.724 bits per heavy atom. The first-order chi connectivity index (χ1) is 63.2. The number of allylic oxidation sites excluding steroid dienone is 2. The van der Waals surface area contributed by atoms with Crippen molar-refractivity contribution in [1.29, 1.82) is 0 Å². The molecule has 0 saturated carbocycles. The molecular formula is C113H101N13O4Pt4. The molecule has 11 aromatic heterocycles. The first kappa shape index (κ1) is 99.9. The third-order valence-corrected chi connectivity index (χ3v) is 23.9. The van der Waals surface area contributed by atoms with Gasteiger partial charge in [0.05, 0.1) is 45.6 Å². The van der Waals surface area contributed by atoms with Crippen LogP contribution < -0.4 is 35.5 Å². The van der Waals surface area contributed by atoms with Gasteiger partial charge >= 0.3 is 42.1 Å². The van der Waals surface area contributed by atoms with Crippen LogP contribution in [0.25, 0.3) is 108 Å². The maximum atomic E-state index is 10.3. The van der Waals surface area contributed by atoms with Gasteiger partial charge < -0.3 is 40.4 Å². The molecule has 0 aliphatic carbocycles. The average molecular weight is 2490 g/mol. The van der Waals surface area contributed by atoms with Crippen molar-refractivity contribution in [1.82, 2.24) is 54.8 Å². The summed E-state index contributed by atoms with van der Waals surface area (Å²) in [6.45, 7) is 23.6. The van der Waals surface area contributed by atoms with Gasteiger partial charge in [-0.15, -0.1) is 44.5 Å². The van der Waals surface area contributed by atoms with Gasteiger partial charge in [0.2, 0.25) is 0 Å². The van der Waals surface area contributed by atoms with Crippen LogP contribution >= 0.6 is 0 Å². The molecule has 1 aliphatic rings. The molecule has 12 heterocycles. The first-order valence-electron chi connectivity index (χ1n) is 44.0. The number of aliphatic imine (C=N–C) groups is 1.